The Morgan fingerprint density at radius 2 is 1.69 bits per heavy atom. The number of benzene rings is 2. The van der Waals surface area contributed by atoms with E-state index < -0.39 is 11.8 Å². The van der Waals surface area contributed by atoms with Crippen molar-refractivity contribution in [3.05, 3.63) is 92.6 Å². The molecule has 0 radical (unpaired) electrons. The van der Waals surface area contributed by atoms with Gasteiger partial charge in [0.1, 0.15) is 11.3 Å². The van der Waals surface area contributed by atoms with E-state index in [1.807, 2.05) is 26.0 Å². The van der Waals surface area contributed by atoms with E-state index in [9.17, 15) is 14.4 Å². The summed E-state index contributed by atoms with van der Waals surface area (Å²) in [5, 5.41) is 5.79. The Balaban J connectivity index is 1.27. The maximum absolute atomic E-state index is 12.8. The number of hydrogen-bond acceptors (Lipinski definition) is 6. The van der Waals surface area contributed by atoms with Crippen LogP contribution in [0.3, 0.4) is 0 Å². The van der Waals surface area contributed by atoms with Gasteiger partial charge in [-0.3, -0.25) is 25.2 Å². The van der Waals surface area contributed by atoms with Crippen molar-refractivity contribution in [3.63, 3.8) is 0 Å². The highest BCUT2D eigenvalue weighted by Crippen LogP contribution is 2.30. The minimum atomic E-state index is -0.593. The number of hydrogen-bond donors (Lipinski definition) is 3. The summed E-state index contributed by atoms with van der Waals surface area (Å²) in [4.78, 5) is 37.9. The van der Waals surface area contributed by atoms with Crippen molar-refractivity contribution < 1.29 is 23.2 Å². The number of carbonyl (C=O) groups is 3. The van der Waals surface area contributed by atoms with Gasteiger partial charge >= 0.3 is 5.91 Å². The van der Waals surface area contributed by atoms with E-state index >= 15 is 0 Å². The molecule has 2 heterocycles. The van der Waals surface area contributed by atoms with Crippen molar-refractivity contribution >= 4 is 46.0 Å². The topological polar surface area (TPSA) is 126 Å². The number of rotatable bonds is 5. The molecular formula is C29H27ClN4O5. The first-order valence-electron chi connectivity index (χ1n) is 12.5. The first kappa shape index (κ1) is 26.2. The fourth-order valence-corrected chi connectivity index (χ4v) is 4.83. The highest BCUT2D eigenvalue weighted by molar-refractivity contribution is 6.30. The number of halogens is 1. The van der Waals surface area contributed by atoms with Crippen LogP contribution in [0.2, 0.25) is 5.02 Å². The second-order valence-corrected chi connectivity index (χ2v) is 9.97. The Labute approximate surface area is 229 Å². The second-order valence-electron chi connectivity index (χ2n) is 9.54. The summed E-state index contributed by atoms with van der Waals surface area (Å²) in [5.41, 5.74) is 13.4. The third-order valence-corrected chi connectivity index (χ3v) is 7.19. The number of furan rings is 2. The largest absolute Gasteiger partial charge is 0.464 e. The van der Waals surface area contributed by atoms with E-state index in [1.165, 1.54) is 0 Å². The highest BCUT2D eigenvalue weighted by Gasteiger charge is 2.28. The molecule has 3 N–H and O–H groups in total. The van der Waals surface area contributed by atoms with Gasteiger partial charge in [-0.15, -0.1) is 0 Å². The molecule has 4 aromatic rings. The van der Waals surface area contributed by atoms with Crippen LogP contribution in [0, 0.1) is 20.8 Å². The zero-order chi connectivity index (χ0) is 27.7. The molecule has 0 saturated carbocycles. The predicted molar refractivity (Wildman–Crippen MR) is 147 cm³/mol. The number of nitrogens with one attached hydrogen (secondary N) is 3. The Hall–Kier alpha value is -4.37. The van der Waals surface area contributed by atoms with Gasteiger partial charge < -0.3 is 8.83 Å². The zero-order valence-corrected chi connectivity index (χ0v) is 22.5. The fourth-order valence-electron chi connectivity index (χ4n) is 4.71. The third-order valence-electron chi connectivity index (χ3n) is 6.94. The van der Waals surface area contributed by atoms with Crippen molar-refractivity contribution in [1.82, 2.24) is 16.3 Å². The van der Waals surface area contributed by atoms with Gasteiger partial charge in [0.15, 0.2) is 5.76 Å². The van der Waals surface area contributed by atoms with Gasteiger partial charge in [0.25, 0.3) is 5.91 Å². The number of hydrazone groups is 1. The van der Waals surface area contributed by atoms with Gasteiger partial charge in [0.2, 0.25) is 5.91 Å². The van der Waals surface area contributed by atoms with Gasteiger partial charge in [-0.2, -0.15) is 5.10 Å². The quantitative estimate of drug-likeness (QED) is 0.301. The maximum Gasteiger partial charge on any atom is 0.305 e. The second kappa shape index (κ2) is 10.8. The number of hydrazine groups is 1. The van der Waals surface area contributed by atoms with Crippen LogP contribution >= 0.6 is 11.6 Å². The van der Waals surface area contributed by atoms with Crippen LogP contribution in [0.4, 0.5) is 0 Å². The molecule has 1 aliphatic carbocycles. The standard InChI is InChI=1S/C29H27ClN4O5/c1-15-7-12-21-19(14-38-26(21)16(15)2)13-24(35)32-31-22-5-4-6-23-25(22)17(3)27(39-23)29(37)34-33-28(36)18-8-10-20(30)11-9-18/h7-12,14H,4-6,13H2,1-3H3,(H,32,35)(H,33,36)(H,34,37)/b31-22+. The van der Waals surface area contributed by atoms with Crippen molar-refractivity contribution in [3.8, 4) is 0 Å². The Kier molecular flexibility index (Phi) is 7.26. The lowest BCUT2D eigenvalue weighted by molar-refractivity contribution is -0.120. The molecule has 2 aromatic heterocycles. The van der Waals surface area contributed by atoms with E-state index in [2.05, 4.69) is 21.4 Å². The third kappa shape index (κ3) is 5.31. The van der Waals surface area contributed by atoms with Crippen molar-refractivity contribution in [1.29, 1.82) is 0 Å². The molecule has 0 spiro atoms. The SMILES string of the molecule is Cc1ccc2c(CC(=O)N/N=C3\CCCc4oc(C(=O)NNC(=O)c5ccc(Cl)cc5)c(C)c43)coc2c1C. The number of carbonyl (C=O) groups excluding carboxylic acids is 3. The molecule has 39 heavy (non-hydrogen) atoms. The minimum Gasteiger partial charge on any atom is -0.464 e. The average Bonchev–Trinajstić information content (AvgIpc) is 3.49. The van der Waals surface area contributed by atoms with Crippen LogP contribution < -0.4 is 16.3 Å². The van der Waals surface area contributed by atoms with Crippen LogP contribution in [0.15, 0.2) is 56.6 Å². The molecule has 0 saturated heterocycles. The Bertz CT molecular complexity index is 1630. The molecule has 0 unspecified atom stereocenters. The summed E-state index contributed by atoms with van der Waals surface area (Å²) < 4.78 is 11.6. The van der Waals surface area contributed by atoms with Gasteiger partial charge in [-0.1, -0.05) is 23.7 Å². The smallest absolute Gasteiger partial charge is 0.305 e. The highest BCUT2D eigenvalue weighted by atomic mass is 35.5. The molecule has 10 heteroatoms. The monoisotopic (exact) mass is 546 g/mol. The molecule has 9 nitrogen and oxygen atoms in total. The molecule has 3 amide bonds. The molecule has 0 fully saturated rings. The van der Waals surface area contributed by atoms with Crippen molar-refractivity contribution in [2.75, 3.05) is 0 Å². The van der Waals surface area contributed by atoms with Crippen LogP contribution in [-0.4, -0.2) is 23.4 Å². The number of nitrogens with zero attached hydrogens (tertiary/aromatic N) is 1. The van der Waals surface area contributed by atoms with E-state index in [1.54, 1.807) is 37.5 Å². The van der Waals surface area contributed by atoms with Gasteiger partial charge in [-0.05, 0) is 69.0 Å². The van der Waals surface area contributed by atoms with E-state index in [-0.39, 0.29) is 18.1 Å². The molecule has 200 valence electrons. The van der Waals surface area contributed by atoms with E-state index in [0.717, 1.165) is 34.1 Å². The summed E-state index contributed by atoms with van der Waals surface area (Å²) in [6.45, 7) is 5.76. The summed E-state index contributed by atoms with van der Waals surface area (Å²) >= 11 is 5.85. The van der Waals surface area contributed by atoms with Gasteiger partial charge in [0.05, 0.1) is 18.4 Å². The average molecular weight is 547 g/mol. The van der Waals surface area contributed by atoms with Crippen molar-refractivity contribution in [2.45, 2.75) is 46.5 Å². The maximum atomic E-state index is 12.8. The first-order chi connectivity index (χ1) is 18.7. The van der Waals surface area contributed by atoms with Gasteiger partial charge in [-0.25, -0.2) is 5.43 Å². The summed E-state index contributed by atoms with van der Waals surface area (Å²) in [6, 6.07) is 10.2. The number of amides is 3. The molecule has 1 aliphatic rings. The molecule has 0 atom stereocenters. The fraction of sp³-hybridized carbons (Fsp3) is 0.241. The predicted octanol–water partition coefficient (Wildman–Crippen LogP) is 5.08. The Morgan fingerprint density at radius 3 is 2.46 bits per heavy atom. The van der Waals surface area contributed by atoms with E-state index in [0.29, 0.717) is 46.0 Å². The molecule has 0 aliphatic heterocycles. The first-order valence-corrected chi connectivity index (χ1v) is 12.9. The van der Waals surface area contributed by atoms with Gasteiger partial charge in [0, 0.05) is 39.1 Å². The minimum absolute atomic E-state index is 0.0767. The van der Waals surface area contributed by atoms with Crippen LogP contribution in [0.5, 0.6) is 0 Å². The lowest BCUT2D eigenvalue weighted by Gasteiger charge is -2.13. The molecular weight excluding hydrogens is 520 g/mol. The normalized spacial score (nSPS) is 13.8. The lowest BCUT2D eigenvalue weighted by atomic mass is 9.93. The number of fused-ring (bicyclic) bond motifs is 2. The lowest BCUT2D eigenvalue weighted by Crippen LogP contribution is -2.41. The van der Waals surface area contributed by atoms with Crippen LogP contribution in [-0.2, 0) is 17.6 Å². The zero-order valence-electron chi connectivity index (χ0n) is 21.7. The summed E-state index contributed by atoms with van der Waals surface area (Å²) in [6.07, 6.45) is 3.74. The van der Waals surface area contributed by atoms with Crippen LogP contribution in [0.25, 0.3) is 11.0 Å². The van der Waals surface area contributed by atoms with E-state index in [4.69, 9.17) is 20.4 Å². The van der Waals surface area contributed by atoms with Crippen molar-refractivity contribution in [2.24, 2.45) is 5.10 Å². The Morgan fingerprint density at radius 1 is 0.949 bits per heavy atom. The summed E-state index contributed by atoms with van der Waals surface area (Å²) in [5.74, 6) is -0.667. The molecule has 2 aromatic carbocycles. The summed E-state index contributed by atoms with van der Waals surface area (Å²) in [7, 11) is 0. The molecule has 5 rings (SSSR count). The van der Waals surface area contributed by atoms with Crippen LogP contribution in [0.1, 0.15) is 67.3 Å². The number of aryl methyl sites for hydroxylation is 3. The molecule has 0 bridgehead atoms.